The number of aliphatic carboxylic acids is 1. The topological polar surface area (TPSA) is 131 Å². The van der Waals surface area contributed by atoms with E-state index in [1.54, 1.807) is 34.6 Å². The number of esters is 1. The molecule has 0 radical (unpaired) electrons. The summed E-state index contributed by atoms with van der Waals surface area (Å²) in [5, 5.41) is 14.2. The fraction of sp³-hybridized carbons (Fsp3) is 0.448. The predicted molar refractivity (Wildman–Crippen MR) is 141 cm³/mol. The first-order valence-corrected chi connectivity index (χ1v) is 12.7. The summed E-state index contributed by atoms with van der Waals surface area (Å²) in [5.74, 6) is -2.95. The molecular weight excluding hydrogens is 488 g/mol. The van der Waals surface area contributed by atoms with Gasteiger partial charge >= 0.3 is 18.0 Å². The van der Waals surface area contributed by atoms with Crippen molar-refractivity contribution < 1.29 is 33.8 Å². The minimum Gasteiger partial charge on any atom is -0.481 e. The maximum Gasteiger partial charge on any atom is 0.407 e. The molecule has 1 aliphatic rings. The van der Waals surface area contributed by atoms with Gasteiger partial charge in [-0.25, -0.2) is 9.59 Å². The fourth-order valence-electron chi connectivity index (χ4n) is 4.45. The van der Waals surface area contributed by atoms with Gasteiger partial charge in [0.1, 0.15) is 24.3 Å². The van der Waals surface area contributed by atoms with Gasteiger partial charge in [-0.1, -0.05) is 62.4 Å². The number of carbonyl (C=O) groups is 4. The summed E-state index contributed by atoms with van der Waals surface area (Å²) >= 11 is 0. The Morgan fingerprint density at radius 1 is 0.921 bits per heavy atom. The van der Waals surface area contributed by atoms with E-state index in [0.29, 0.717) is 0 Å². The van der Waals surface area contributed by atoms with E-state index >= 15 is 0 Å². The lowest BCUT2D eigenvalue weighted by Crippen LogP contribution is -2.54. The van der Waals surface area contributed by atoms with Crippen LogP contribution >= 0.6 is 0 Å². The molecule has 0 aliphatic heterocycles. The van der Waals surface area contributed by atoms with E-state index in [-0.39, 0.29) is 31.3 Å². The Morgan fingerprint density at radius 2 is 1.47 bits per heavy atom. The van der Waals surface area contributed by atoms with Crippen molar-refractivity contribution >= 4 is 23.9 Å². The van der Waals surface area contributed by atoms with Crippen molar-refractivity contribution in [2.75, 3.05) is 6.61 Å². The number of benzene rings is 2. The van der Waals surface area contributed by atoms with Crippen LogP contribution in [0.5, 0.6) is 0 Å². The highest BCUT2D eigenvalue weighted by molar-refractivity contribution is 5.90. The summed E-state index contributed by atoms with van der Waals surface area (Å²) in [5.41, 5.74) is 3.52. The Kier molecular flexibility index (Phi) is 9.14. The molecule has 38 heavy (non-hydrogen) atoms. The smallest absolute Gasteiger partial charge is 0.407 e. The fourth-order valence-corrected chi connectivity index (χ4v) is 4.45. The van der Waals surface area contributed by atoms with Crippen LogP contribution < -0.4 is 10.6 Å². The highest BCUT2D eigenvalue weighted by Gasteiger charge is 2.33. The summed E-state index contributed by atoms with van der Waals surface area (Å²) in [4.78, 5) is 49.6. The Hall–Kier alpha value is -3.88. The van der Waals surface area contributed by atoms with Gasteiger partial charge in [0.25, 0.3) is 0 Å². The van der Waals surface area contributed by atoms with Gasteiger partial charge in [0.15, 0.2) is 0 Å². The molecule has 0 heterocycles. The van der Waals surface area contributed by atoms with E-state index < -0.39 is 41.6 Å². The third-order valence-electron chi connectivity index (χ3n) is 6.22. The van der Waals surface area contributed by atoms with Crippen LogP contribution in [-0.2, 0) is 23.9 Å². The van der Waals surface area contributed by atoms with E-state index in [0.717, 1.165) is 22.3 Å². The molecule has 204 valence electrons. The zero-order chi connectivity index (χ0) is 28.0. The van der Waals surface area contributed by atoms with Gasteiger partial charge in [0, 0.05) is 12.3 Å². The molecule has 1 aliphatic carbocycles. The number of carboxylic acids is 1. The lowest BCUT2D eigenvalue weighted by Gasteiger charge is -2.27. The summed E-state index contributed by atoms with van der Waals surface area (Å²) in [6.07, 6.45) is -1.25. The van der Waals surface area contributed by atoms with Gasteiger partial charge in [-0.2, -0.15) is 0 Å². The van der Waals surface area contributed by atoms with Gasteiger partial charge in [-0.3, -0.25) is 9.59 Å². The summed E-state index contributed by atoms with van der Waals surface area (Å²) in [7, 11) is 0. The van der Waals surface area contributed by atoms with Crippen LogP contribution in [-0.4, -0.2) is 53.3 Å². The molecule has 0 spiro atoms. The van der Waals surface area contributed by atoms with Crippen molar-refractivity contribution in [3.8, 4) is 11.1 Å². The highest BCUT2D eigenvalue weighted by Crippen LogP contribution is 2.44. The number of nitrogens with one attached hydrogen (secondary N) is 2. The molecule has 2 aromatic carbocycles. The SMILES string of the molecule is CC(C)[C@H](NC(=O)OCC1c2ccccc2-c2ccccc21)C(=O)N[C@@H](CCC(=O)O)C(=O)OC(C)(C)C. The van der Waals surface area contributed by atoms with Gasteiger partial charge in [-0.15, -0.1) is 0 Å². The average Bonchev–Trinajstić information content (AvgIpc) is 3.16. The van der Waals surface area contributed by atoms with Crippen molar-refractivity contribution in [2.24, 2.45) is 5.92 Å². The number of fused-ring (bicyclic) bond motifs is 3. The number of ether oxygens (including phenoxy) is 2. The number of alkyl carbamates (subject to hydrolysis) is 1. The van der Waals surface area contributed by atoms with Crippen LogP contribution in [0.3, 0.4) is 0 Å². The molecule has 2 amide bonds. The summed E-state index contributed by atoms with van der Waals surface area (Å²) < 4.78 is 10.9. The quantitative estimate of drug-likeness (QED) is 0.396. The van der Waals surface area contributed by atoms with Crippen LogP contribution in [0.1, 0.15) is 64.5 Å². The third-order valence-corrected chi connectivity index (χ3v) is 6.22. The van der Waals surface area contributed by atoms with E-state index in [9.17, 15) is 19.2 Å². The first kappa shape index (κ1) is 28.7. The zero-order valence-electron chi connectivity index (χ0n) is 22.4. The van der Waals surface area contributed by atoms with E-state index in [2.05, 4.69) is 10.6 Å². The molecule has 0 bridgehead atoms. The van der Waals surface area contributed by atoms with Crippen LogP contribution in [0.15, 0.2) is 48.5 Å². The summed E-state index contributed by atoms with van der Waals surface area (Å²) in [6.45, 7) is 8.61. The minimum absolute atomic E-state index is 0.0887. The van der Waals surface area contributed by atoms with Crippen LogP contribution in [0.25, 0.3) is 11.1 Å². The van der Waals surface area contributed by atoms with Crippen molar-refractivity contribution in [2.45, 2.75) is 71.1 Å². The van der Waals surface area contributed by atoms with Gasteiger partial charge in [0.05, 0.1) is 0 Å². The predicted octanol–water partition coefficient (Wildman–Crippen LogP) is 4.24. The highest BCUT2D eigenvalue weighted by atomic mass is 16.6. The normalized spacial score (nSPS) is 14.2. The van der Waals surface area contributed by atoms with Crippen LogP contribution in [0.2, 0.25) is 0 Å². The second-order valence-electron chi connectivity index (χ2n) is 10.7. The maximum atomic E-state index is 13.1. The Bertz CT molecular complexity index is 1140. The number of carbonyl (C=O) groups excluding carboxylic acids is 3. The monoisotopic (exact) mass is 524 g/mol. The molecule has 0 saturated heterocycles. The molecule has 2 aromatic rings. The molecule has 0 fully saturated rings. The van der Waals surface area contributed by atoms with Crippen molar-refractivity contribution in [1.82, 2.24) is 10.6 Å². The zero-order valence-corrected chi connectivity index (χ0v) is 22.4. The summed E-state index contributed by atoms with van der Waals surface area (Å²) in [6, 6.07) is 13.8. The number of carboxylic acid groups (broad SMARTS) is 1. The number of amides is 2. The van der Waals surface area contributed by atoms with Crippen molar-refractivity contribution in [3.63, 3.8) is 0 Å². The molecule has 0 aromatic heterocycles. The van der Waals surface area contributed by atoms with Gasteiger partial charge < -0.3 is 25.2 Å². The molecule has 0 unspecified atom stereocenters. The first-order valence-electron chi connectivity index (χ1n) is 12.7. The Morgan fingerprint density at radius 3 is 1.97 bits per heavy atom. The molecule has 3 rings (SSSR count). The minimum atomic E-state index is -1.18. The van der Waals surface area contributed by atoms with Crippen molar-refractivity contribution in [1.29, 1.82) is 0 Å². The second-order valence-corrected chi connectivity index (χ2v) is 10.7. The standard InChI is InChI=1S/C29H36N2O7/c1-17(2)25(26(34)30-23(14-15-24(32)33)27(35)38-29(3,4)5)31-28(36)37-16-22-20-12-8-6-10-18(20)19-11-7-9-13-21(19)22/h6-13,17,22-23,25H,14-16H2,1-5H3,(H,30,34)(H,31,36)(H,32,33)/t23-,25-/m0/s1. The van der Waals surface area contributed by atoms with E-state index in [4.69, 9.17) is 14.6 Å². The number of rotatable bonds is 10. The molecule has 2 atom stereocenters. The lowest BCUT2D eigenvalue weighted by molar-refractivity contribution is -0.159. The average molecular weight is 525 g/mol. The first-order chi connectivity index (χ1) is 17.9. The van der Waals surface area contributed by atoms with Crippen molar-refractivity contribution in [3.05, 3.63) is 59.7 Å². The van der Waals surface area contributed by atoms with E-state index in [1.807, 2.05) is 48.5 Å². The molecule has 9 heteroatoms. The lowest BCUT2D eigenvalue weighted by atomic mass is 9.98. The second kappa shape index (κ2) is 12.1. The maximum absolute atomic E-state index is 13.1. The van der Waals surface area contributed by atoms with E-state index in [1.165, 1.54) is 0 Å². The molecule has 9 nitrogen and oxygen atoms in total. The Balaban J connectivity index is 1.66. The van der Waals surface area contributed by atoms with Crippen LogP contribution in [0.4, 0.5) is 4.79 Å². The molecular formula is C29H36N2O7. The largest absolute Gasteiger partial charge is 0.481 e. The Labute approximate surface area is 222 Å². The number of hydrogen-bond acceptors (Lipinski definition) is 6. The number of hydrogen-bond donors (Lipinski definition) is 3. The third kappa shape index (κ3) is 7.34. The van der Waals surface area contributed by atoms with Gasteiger partial charge in [-0.05, 0) is 55.4 Å². The molecule has 3 N–H and O–H groups in total. The molecule has 0 saturated carbocycles. The van der Waals surface area contributed by atoms with Crippen LogP contribution in [0, 0.1) is 5.92 Å². The van der Waals surface area contributed by atoms with Gasteiger partial charge in [0.2, 0.25) is 5.91 Å².